The Labute approximate surface area is 215 Å². The molecule has 0 saturated heterocycles. The molecule has 8 rings (SSSR count). The van der Waals surface area contributed by atoms with Crippen LogP contribution in [0.2, 0.25) is 0 Å². The van der Waals surface area contributed by atoms with Crippen molar-refractivity contribution in [3.8, 4) is 28.0 Å². The van der Waals surface area contributed by atoms with Crippen molar-refractivity contribution < 1.29 is 4.74 Å². The van der Waals surface area contributed by atoms with Crippen molar-refractivity contribution in [3.05, 3.63) is 137 Å². The van der Waals surface area contributed by atoms with E-state index in [0.29, 0.717) is 0 Å². The lowest BCUT2D eigenvalue weighted by Crippen LogP contribution is -2.34. The summed E-state index contributed by atoms with van der Waals surface area (Å²) in [5.74, 6) is 1.22. The molecule has 1 aliphatic heterocycles. The molecule has 174 valence electrons. The van der Waals surface area contributed by atoms with Crippen LogP contribution in [0.4, 0.5) is 0 Å². The van der Waals surface area contributed by atoms with Gasteiger partial charge in [0.1, 0.15) is 11.9 Å². The maximum absolute atomic E-state index is 6.42. The number of hydrogen-bond acceptors (Lipinski definition) is 1. The summed E-state index contributed by atoms with van der Waals surface area (Å²) in [6.45, 7) is 0. The van der Waals surface area contributed by atoms with Gasteiger partial charge in [-0.2, -0.15) is 0 Å². The zero-order valence-corrected chi connectivity index (χ0v) is 20.3. The van der Waals surface area contributed by atoms with Gasteiger partial charge in [0.25, 0.3) is 0 Å². The third kappa shape index (κ3) is 3.11. The summed E-state index contributed by atoms with van der Waals surface area (Å²) in [6, 6.07) is 43.8. The Hall–Kier alpha value is -4.62. The Morgan fingerprint density at radius 2 is 1.00 bits per heavy atom. The first-order chi connectivity index (χ1) is 18.3. The molecule has 1 nitrogen and oxygen atoms in total. The third-order valence-corrected chi connectivity index (χ3v) is 7.97. The van der Waals surface area contributed by atoms with Crippen LogP contribution >= 0.6 is 0 Å². The molecular weight excluding hydrogens is 448 g/mol. The topological polar surface area (TPSA) is 9.23 Å². The minimum atomic E-state index is 0.0501. The van der Waals surface area contributed by atoms with Crippen LogP contribution in [0.5, 0.6) is 5.75 Å². The first-order valence-corrected chi connectivity index (χ1v) is 12.9. The van der Waals surface area contributed by atoms with Crippen LogP contribution < -0.4 is 15.2 Å². The van der Waals surface area contributed by atoms with E-state index in [1.807, 2.05) is 0 Å². The van der Waals surface area contributed by atoms with Crippen molar-refractivity contribution in [2.75, 3.05) is 0 Å². The second kappa shape index (κ2) is 7.94. The van der Waals surface area contributed by atoms with E-state index in [1.54, 1.807) is 0 Å². The highest BCUT2D eigenvalue weighted by molar-refractivity contribution is 6.21. The van der Waals surface area contributed by atoms with Gasteiger partial charge in [-0.05, 0) is 72.4 Å². The summed E-state index contributed by atoms with van der Waals surface area (Å²) < 4.78 is 6.42. The molecule has 2 unspecified atom stereocenters. The molecular formula is C36H24O. The monoisotopic (exact) mass is 472 g/mol. The van der Waals surface area contributed by atoms with Crippen LogP contribution in [-0.4, -0.2) is 6.10 Å². The van der Waals surface area contributed by atoms with Gasteiger partial charge < -0.3 is 4.74 Å². The van der Waals surface area contributed by atoms with Gasteiger partial charge in [0.05, 0.1) is 0 Å². The van der Waals surface area contributed by atoms with Crippen molar-refractivity contribution >= 4 is 33.7 Å². The zero-order valence-electron chi connectivity index (χ0n) is 20.3. The fourth-order valence-electron chi connectivity index (χ4n) is 6.33. The Morgan fingerprint density at radius 3 is 1.65 bits per heavy atom. The fraction of sp³-hybridized carbons (Fsp3) is 0.0556. The molecule has 0 saturated carbocycles. The van der Waals surface area contributed by atoms with E-state index in [1.165, 1.54) is 59.8 Å². The minimum absolute atomic E-state index is 0.0501. The SMILES string of the molecule is C1=c2ccccc2=CC2c3cc(-c4c5ccccc5c(-c5ccccc5)c5ccccc45)ccc3OC12. The lowest BCUT2D eigenvalue weighted by atomic mass is 9.84. The van der Waals surface area contributed by atoms with Crippen LogP contribution in [0.3, 0.4) is 0 Å². The van der Waals surface area contributed by atoms with Crippen molar-refractivity contribution in [1.29, 1.82) is 0 Å². The van der Waals surface area contributed by atoms with E-state index < -0.39 is 0 Å². The number of benzene rings is 6. The quantitative estimate of drug-likeness (QED) is 0.238. The maximum Gasteiger partial charge on any atom is 0.128 e. The smallest absolute Gasteiger partial charge is 0.128 e. The molecule has 1 heterocycles. The van der Waals surface area contributed by atoms with E-state index in [-0.39, 0.29) is 12.0 Å². The summed E-state index contributed by atoms with van der Waals surface area (Å²) in [5, 5.41) is 7.66. The van der Waals surface area contributed by atoms with Gasteiger partial charge in [0.15, 0.2) is 0 Å². The Balaban J connectivity index is 1.40. The maximum atomic E-state index is 6.42. The molecule has 0 bridgehead atoms. The first kappa shape index (κ1) is 20.6. The summed E-state index contributed by atoms with van der Waals surface area (Å²) in [5.41, 5.74) is 6.35. The lowest BCUT2D eigenvalue weighted by molar-refractivity contribution is 0.288. The fourth-order valence-corrected chi connectivity index (χ4v) is 6.33. The highest BCUT2D eigenvalue weighted by Gasteiger charge is 2.33. The predicted octanol–water partition coefficient (Wildman–Crippen LogP) is 7.45. The molecule has 0 N–H and O–H groups in total. The molecule has 0 aromatic heterocycles. The summed E-state index contributed by atoms with van der Waals surface area (Å²) in [6.07, 6.45) is 4.71. The van der Waals surface area contributed by atoms with Crippen LogP contribution in [0.15, 0.2) is 121 Å². The van der Waals surface area contributed by atoms with Crippen LogP contribution in [0.25, 0.3) is 56.0 Å². The highest BCUT2D eigenvalue weighted by atomic mass is 16.5. The van der Waals surface area contributed by atoms with Gasteiger partial charge in [0.2, 0.25) is 0 Å². The Kier molecular flexibility index (Phi) is 4.41. The third-order valence-electron chi connectivity index (χ3n) is 7.97. The van der Waals surface area contributed by atoms with Gasteiger partial charge in [-0.1, -0.05) is 115 Å². The second-order valence-corrected chi connectivity index (χ2v) is 10.0. The molecule has 0 spiro atoms. The molecule has 6 aromatic carbocycles. The van der Waals surface area contributed by atoms with E-state index in [2.05, 4.69) is 133 Å². The summed E-state index contributed by atoms with van der Waals surface area (Å²) >= 11 is 0. The summed E-state index contributed by atoms with van der Waals surface area (Å²) in [4.78, 5) is 0. The molecule has 2 aliphatic rings. The highest BCUT2D eigenvalue weighted by Crippen LogP contribution is 2.47. The minimum Gasteiger partial charge on any atom is -0.485 e. The van der Waals surface area contributed by atoms with Gasteiger partial charge in [-0.25, -0.2) is 0 Å². The number of hydrogen-bond donors (Lipinski definition) is 0. The number of fused-ring (bicyclic) bond motifs is 6. The normalized spacial score (nSPS) is 17.3. The lowest BCUT2D eigenvalue weighted by Gasteiger charge is -2.18. The zero-order chi connectivity index (χ0) is 24.3. The van der Waals surface area contributed by atoms with Gasteiger partial charge in [0, 0.05) is 11.5 Å². The van der Waals surface area contributed by atoms with Crippen molar-refractivity contribution in [2.45, 2.75) is 12.0 Å². The van der Waals surface area contributed by atoms with E-state index in [4.69, 9.17) is 4.74 Å². The average molecular weight is 473 g/mol. The average Bonchev–Trinajstić information content (AvgIpc) is 3.31. The van der Waals surface area contributed by atoms with Gasteiger partial charge in [-0.3, -0.25) is 0 Å². The van der Waals surface area contributed by atoms with Crippen molar-refractivity contribution in [3.63, 3.8) is 0 Å². The molecule has 0 radical (unpaired) electrons. The molecule has 6 aromatic rings. The van der Waals surface area contributed by atoms with Gasteiger partial charge >= 0.3 is 0 Å². The first-order valence-electron chi connectivity index (χ1n) is 12.9. The van der Waals surface area contributed by atoms with Crippen LogP contribution in [-0.2, 0) is 0 Å². The largest absolute Gasteiger partial charge is 0.485 e. The molecule has 1 heteroatoms. The van der Waals surface area contributed by atoms with Crippen LogP contribution in [0, 0.1) is 0 Å². The van der Waals surface area contributed by atoms with Crippen molar-refractivity contribution in [1.82, 2.24) is 0 Å². The second-order valence-electron chi connectivity index (χ2n) is 10.0. The number of ether oxygens (including phenoxy) is 1. The van der Waals surface area contributed by atoms with E-state index in [9.17, 15) is 0 Å². The van der Waals surface area contributed by atoms with Gasteiger partial charge in [-0.15, -0.1) is 0 Å². The molecule has 37 heavy (non-hydrogen) atoms. The number of rotatable bonds is 2. The predicted molar refractivity (Wildman–Crippen MR) is 154 cm³/mol. The summed E-state index contributed by atoms with van der Waals surface area (Å²) in [7, 11) is 0. The molecule has 2 atom stereocenters. The molecule has 0 amide bonds. The Morgan fingerprint density at radius 1 is 0.459 bits per heavy atom. The molecule has 0 fully saturated rings. The standard InChI is InChI=1S/C36H24O/c1-2-10-23(11-3-1)35-27-14-6-8-16-29(27)36(30-17-9-7-15-28(30)35)26-18-19-33-31(21-26)32-20-24-12-4-5-13-25(24)22-34(32)37-33/h1-22,32,34H. The molecule has 1 aliphatic carbocycles. The van der Waals surface area contributed by atoms with Crippen molar-refractivity contribution in [2.24, 2.45) is 0 Å². The van der Waals surface area contributed by atoms with Crippen LogP contribution in [0.1, 0.15) is 11.5 Å². The van der Waals surface area contributed by atoms with E-state index >= 15 is 0 Å². The van der Waals surface area contributed by atoms with E-state index in [0.717, 1.165) is 5.75 Å². The Bertz CT molecular complexity index is 1910.